The molecule has 0 aromatic carbocycles. The third-order valence-electron chi connectivity index (χ3n) is 4.06. The maximum atomic E-state index is 12.6. The van der Waals surface area contributed by atoms with E-state index >= 15 is 0 Å². The van der Waals surface area contributed by atoms with Crippen molar-refractivity contribution in [2.75, 3.05) is 12.3 Å². The lowest BCUT2D eigenvalue weighted by atomic mass is 9.97. The molecule has 0 aliphatic carbocycles. The highest BCUT2D eigenvalue weighted by Gasteiger charge is 2.32. The fraction of sp³-hybridized carbons (Fsp3) is 0.857. The molecule has 2 heterocycles. The Hall–Kier alpha value is -0.710. The Morgan fingerprint density at radius 2 is 1.95 bits per heavy atom. The molecule has 0 saturated carbocycles. The first-order chi connectivity index (χ1) is 9.18. The largest absolute Gasteiger partial charge is 0.481 e. The van der Waals surface area contributed by atoms with E-state index in [9.17, 15) is 9.59 Å². The van der Waals surface area contributed by atoms with Gasteiger partial charge in [0.25, 0.3) is 0 Å². The first kappa shape index (κ1) is 14.7. The minimum Gasteiger partial charge on any atom is -0.481 e. The van der Waals surface area contributed by atoms with E-state index < -0.39 is 5.97 Å². The van der Waals surface area contributed by atoms with E-state index in [4.69, 9.17) is 5.11 Å². The van der Waals surface area contributed by atoms with Crippen LogP contribution in [0, 0.1) is 0 Å². The molecule has 5 heteroatoms. The van der Waals surface area contributed by atoms with Crippen LogP contribution in [0.2, 0.25) is 0 Å². The Bertz CT molecular complexity index is 329. The first-order valence-electron chi connectivity index (χ1n) is 7.32. The smallest absolute Gasteiger partial charge is 0.303 e. The van der Waals surface area contributed by atoms with Gasteiger partial charge in [0.1, 0.15) is 0 Å². The van der Waals surface area contributed by atoms with E-state index in [1.165, 1.54) is 6.42 Å². The molecule has 2 fully saturated rings. The number of likely N-dealkylation sites (tertiary alicyclic amines) is 1. The molecule has 0 bridgehead atoms. The van der Waals surface area contributed by atoms with Crippen molar-refractivity contribution >= 4 is 23.6 Å². The quantitative estimate of drug-likeness (QED) is 0.862. The lowest BCUT2D eigenvalue weighted by Gasteiger charge is -2.38. The number of piperidine rings is 1. The lowest BCUT2D eigenvalue weighted by Crippen LogP contribution is -2.48. The van der Waals surface area contributed by atoms with Crippen LogP contribution in [-0.4, -0.2) is 45.5 Å². The number of carboxylic acids is 1. The molecule has 108 valence electrons. The van der Waals surface area contributed by atoms with Crippen LogP contribution in [0.1, 0.15) is 51.4 Å². The number of amides is 1. The summed E-state index contributed by atoms with van der Waals surface area (Å²) in [5.41, 5.74) is 0. The Labute approximate surface area is 118 Å². The summed E-state index contributed by atoms with van der Waals surface area (Å²) in [4.78, 5) is 25.3. The topological polar surface area (TPSA) is 57.6 Å². The van der Waals surface area contributed by atoms with E-state index in [1.54, 1.807) is 11.8 Å². The van der Waals surface area contributed by atoms with Gasteiger partial charge in [0.15, 0.2) is 0 Å². The van der Waals surface area contributed by atoms with Gasteiger partial charge >= 0.3 is 5.97 Å². The van der Waals surface area contributed by atoms with Gasteiger partial charge in [-0.2, -0.15) is 0 Å². The molecular formula is C14H23NO3S. The molecule has 0 aromatic rings. The van der Waals surface area contributed by atoms with Crippen molar-refractivity contribution in [3.63, 3.8) is 0 Å². The molecule has 0 spiro atoms. The van der Waals surface area contributed by atoms with Crippen LogP contribution in [0.3, 0.4) is 0 Å². The zero-order chi connectivity index (χ0) is 13.7. The third-order valence-corrected chi connectivity index (χ3v) is 5.42. The Balaban J connectivity index is 1.93. The molecule has 2 saturated heterocycles. The van der Waals surface area contributed by atoms with E-state index in [0.717, 1.165) is 44.4 Å². The Morgan fingerprint density at radius 3 is 2.63 bits per heavy atom. The molecule has 1 amide bonds. The fourth-order valence-electron chi connectivity index (χ4n) is 3.00. The second kappa shape index (κ2) is 7.17. The van der Waals surface area contributed by atoms with E-state index in [0.29, 0.717) is 6.42 Å². The predicted molar refractivity (Wildman–Crippen MR) is 76.3 cm³/mol. The molecule has 0 radical (unpaired) electrons. The van der Waals surface area contributed by atoms with Gasteiger partial charge in [0.05, 0.1) is 5.25 Å². The normalized spacial score (nSPS) is 28.1. The van der Waals surface area contributed by atoms with Gasteiger partial charge < -0.3 is 10.0 Å². The van der Waals surface area contributed by atoms with E-state index in [2.05, 4.69) is 0 Å². The number of nitrogens with zero attached hydrogens (tertiary/aromatic N) is 1. The number of carbonyl (C=O) groups is 2. The summed E-state index contributed by atoms with van der Waals surface area (Å²) in [6.45, 7) is 0.820. The van der Waals surface area contributed by atoms with Crippen LogP contribution in [0.4, 0.5) is 0 Å². The predicted octanol–water partition coefficient (Wildman–Crippen LogP) is 2.52. The van der Waals surface area contributed by atoms with E-state index in [1.807, 2.05) is 4.90 Å². The van der Waals surface area contributed by atoms with Crippen LogP contribution < -0.4 is 0 Å². The molecule has 19 heavy (non-hydrogen) atoms. The summed E-state index contributed by atoms with van der Waals surface area (Å²) in [5.74, 6) is 0.592. The van der Waals surface area contributed by atoms with Crippen molar-refractivity contribution in [1.29, 1.82) is 0 Å². The summed E-state index contributed by atoms with van der Waals surface area (Å²) in [5, 5.41) is 8.93. The summed E-state index contributed by atoms with van der Waals surface area (Å²) in [7, 11) is 0. The second-order valence-electron chi connectivity index (χ2n) is 5.47. The van der Waals surface area contributed by atoms with Gasteiger partial charge in [-0.15, -0.1) is 11.8 Å². The standard InChI is InChI=1S/C14H23NO3S/c16-13(17)8-7-11-5-1-3-9-15(11)14(18)12-6-2-4-10-19-12/h11-12H,1-10H2,(H,16,17). The van der Waals surface area contributed by atoms with Crippen molar-refractivity contribution in [1.82, 2.24) is 4.90 Å². The van der Waals surface area contributed by atoms with Gasteiger partial charge in [0, 0.05) is 19.0 Å². The van der Waals surface area contributed by atoms with Gasteiger partial charge in [-0.3, -0.25) is 9.59 Å². The zero-order valence-corrected chi connectivity index (χ0v) is 12.2. The van der Waals surface area contributed by atoms with Crippen molar-refractivity contribution in [2.24, 2.45) is 0 Å². The molecule has 2 rings (SSSR count). The maximum Gasteiger partial charge on any atom is 0.303 e. The number of hydrogen-bond acceptors (Lipinski definition) is 3. The zero-order valence-electron chi connectivity index (χ0n) is 11.3. The van der Waals surface area contributed by atoms with Crippen LogP contribution in [-0.2, 0) is 9.59 Å². The van der Waals surface area contributed by atoms with Gasteiger partial charge in [-0.25, -0.2) is 0 Å². The minimum absolute atomic E-state index is 0.124. The number of carboxylic acid groups (broad SMARTS) is 1. The van der Waals surface area contributed by atoms with Gasteiger partial charge in [-0.1, -0.05) is 6.42 Å². The molecular weight excluding hydrogens is 262 g/mol. The molecule has 2 atom stereocenters. The Kier molecular flexibility index (Phi) is 5.55. The lowest BCUT2D eigenvalue weighted by molar-refractivity contribution is -0.140. The highest BCUT2D eigenvalue weighted by Crippen LogP contribution is 2.30. The van der Waals surface area contributed by atoms with Gasteiger partial charge in [-0.05, 0) is 44.3 Å². The van der Waals surface area contributed by atoms with E-state index in [-0.39, 0.29) is 23.6 Å². The Morgan fingerprint density at radius 1 is 1.16 bits per heavy atom. The van der Waals surface area contributed by atoms with Gasteiger partial charge in [0.2, 0.25) is 5.91 Å². The number of hydrogen-bond donors (Lipinski definition) is 1. The van der Waals surface area contributed by atoms with Crippen LogP contribution in [0.25, 0.3) is 0 Å². The highest BCUT2D eigenvalue weighted by atomic mass is 32.2. The molecule has 4 nitrogen and oxygen atoms in total. The molecule has 2 aliphatic heterocycles. The second-order valence-corrected chi connectivity index (χ2v) is 6.78. The number of thioether (sulfide) groups is 1. The third kappa shape index (κ3) is 4.13. The van der Waals surface area contributed by atoms with Crippen LogP contribution in [0.5, 0.6) is 0 Å². The number of aliphatic carboxylic acids is 1. The summed E-state index contributed by atoms with van der Waals surface area (Å²) in [6, 6.07) is 0.153. The highest BCUT2D eigenvalue weighted by molar-refractivity contribution is 8.00. The van der Waals surface area contributed by atoms with Crippen molar-refractivity contribution in [3.8, 4) is 0 Å². The first-order valence-corrected chi connectivity index (χ1v) is 8.37. The average Bonchev–Trinajstić information content (AvgIpc) is 2.45. The fourth-order valence-corrected chi connectivity index (χ4v) is 4.27. The monoisotopic (exact) mass is 285 g/mol. The molecule has 2 unspecified atom stereocenters. The number of carbonyl (C=O) groups excluding carboxylic acids is 1. The van der Waals surface area contributed by atoms with Crippen molar-refractivity contribution < 1.29 is 14.7 Å². The molecule has 0 aromatic heterocycles. The molecule has 2 aliphatic rings. The van der Waals surface area contributed by atoms with Crippen LogP contribution in [0.15, 0.2) is 0 Å². The van der Waals surface area contributed by atoms with Crippen molar-refractivity contribution in [2.45, 2.75) is 62.7 Å². The maximum absolute atomic E-state index is 12.6. The molecule has 1 N–H and O–H groups in total. The summed E-state index contributed by atoms with van der Waals surface area (Å²) >= 11 is 1.78. The number of rotatable bonds is 4. The van der Waals surface area contributed by atoms with Crippen molar-refractivity contribution in [3.05, 3.63) is 0 Å². The average molecular weight is 285 g/mol. The van der Waals surface area contributed by atoms with Crippen LogP contribution >= 0.6 is 11.8 Å². The summed E-state index contributed by atoms with van der Waals surface area (Å²) in [6.07, 6.45) is 7.29. The minimum atomic E-state index is -0.759. The summed E-state index contributed by atoms with van der Waals surface area (Å²) < 4.78 is 0. The SMILES string of the molecule is O=C(O)CCC1CCCCN1C(=O)C1CCCCS1.